The molecule has 0 aliphatic carbocycles. The normalized spacial score (nSPS) is 16.6. The minimum atomic E-state index is -0.0171. The largest absolute Gasteiger partial charge is 0.376 e. The van der Waals surface area contributed by atoms with E-state index < -0.39 is 0 Å². The number of hydrogen-bond donors (Lipinski definition) is 0. The van der Waals surface area contributed by atoms with E-state index in [1.165, 1.54) is 5.56 Å². The number of fused-ring (bicyclic) bond motifs is 1. The maximum absolute atomic E-state index is 13.4. The summed E-state index contributed by atoms with van der Waals surface area (Å²) in [5, 5.41) is 0.748. The van der Waals surface area contributed by atoms with E-state index in [0.29, 0.717) is 12.1 Å². The van der Waals surface area contributed by atoms with Crippen LogP contribution in [0.3, 0.4) is 0 Å². The van der Waals surface area contributed by atoms with Crippen LogP contribution in [0.4, 0.5) is 5.13 Å². The average Bonchev–Trinajstić information content (AvgIpc) is 3.35. The number of nitrogens with zero attached hydrogens (tertiary/aromatic N) is 2. The molecular weight excluding hydrogens is 388 g/mol. The van der Waals surface area contributed by atoms with Gasteiger partial charge in [0.05, 0.1) is 22.9 Å². The Morgan fingerprint density at radius 2 is 2.07 bits per heavy atom. The third-order valence-electron chi connectivity index (χ3n) is 5.04. The molecule has 3 aromatic rings. The molecule has 1 saturated heterocycles. The first kappa shape index (κ1) is 19.4. The number of hydrogen-bond acceptors (Lipinski definition) is 5. The molecule has 1 aliphatic heterocycles. The third kappa shape index (κ3) is 3.95. The lowest BCUT2D eigenvalue weighted by Gasteiger charge is -2.23. The van der Waals surface area contributed by atoms with E-state index in [0.717, 1.165) is 45.3 Å². The first-order chi connectivity index (χ1) is 13.5. The van der Waals surface area contributed by atoms with Crippen molar-refractivity contribution in [3.05, 3.63) is 53.1 Å². The highest BCUT2D eigenvalue weighted by atomic mass is 32.2. The van der Waals surface area contributed by atoms with Crippen molar-refractivity contribution >= 4 is 44.4 Å². The van der Waals surface area contributed by atoms with Crippen LogP contribution in [0.1, 0.15) is 34.3 Å². The van der Waals surface area contributed by atoms with Crippen molar-refractivity contribution in [2.75, 3.05) is 24.3 Å². The van der Waals surface area contributed by atoms with Crippen LogP contribution >= 0.6 is 23.1 Å². The van der Waals surface area contributed by atoms with Crippen molar-refractivity contribution in [2.45, 2.75) is 37.7 Å². The molecule has 1 aliphatic rings. The zero-order valence-electron chi connectivity index (χ0n) is 16.4. The van der Waals surface area contributed by atoms with E-state index in [1.54, 1.807) is 23.1 Å². The molecule has 2 aromatic carbocycles. The molecule has 1 atom stereocenters. The van der Waals surface area contributed by atoms with Gasteiger partial charge in [0.1, 0.15) is 0 Å². The number of thiazole rings is 1. The second-order valence-electron chi connectivity index (χ2n) is 7.20. The van der Waals surface area contributed by atoms with Gasteiger partial charge in [0.15, 0.2) is 5.13 Å². The summed E-state index contributed by atoms with van der Waals surface area (Å²) in [5.74, 6) is -0.0171. The zero-order valence-corrected chi connectivity index (χ0v) is 18.0. The van der Waals surface area contributed by atoms with Crippen molar-refractivity contribution in [3.8, 4) is 0 Å². The predicted octanol–water partition coefficient (Wildman–Crippen LogP) is 5.46. The minimum Gasteiger partial charge on any atom is -0.376 e. The lowest BCUT2D eigenvalue weighted by atomic mass is 10.1. The predicted molar refractivity (Wildman–Crippen MR) is 118 cm³/mol. The Morgan fingerprint density at radius 1 is 1.29 bits per heavy atom. The Labute approximate surface area is 173 Å². The number of rotatable bonds is 5. The monoisotopic (exact) mass is 412 g/mol. The molecule has 0 N–H and O–H groups in total. The van der Waals surface area contributed by atoms with Crippen molar-refractivity contribution in [1.82, 2.24) is 4.98 Å². The van der Waals surface area contributed by atoms with Crippen LogP contribution in [0.5, 0.6) is 0 Å². The summed E-state index contributed by atoms with van der Waals surface area (Å²) >= 11 is 3.25. The highest BCUT2D eigenvalue weighted by Crippen LogP contribution is 2.33. The summed E-state index contributed by atoms with van der Waals surface area (Å²) in [4.78, 5) is 21.2. The molecule has 0 spiro atoms. The Bertz CT molecular complexity index is 992. The van der Waals surface area contributed by atoms with E-state index in [-0.39, 0.29) is 12.0 Å². The number of thioether (sulfide) groups is 1. The van der Waals surface area contributed by atoms with Crippen LogP contribution in [-0.4, -0.2) is 36.4 Å². The van der Waals surface area contributed by atoms with E-state index in [9.17, 15) is 4.79 Å². The fraction of sp³-hybridized carbons (Fsp3) is 0.364. The minimum absolute atomic E-state index is 0.0171. The lowest BCUT2D eigenvalue weighted by Crippen LogP contribution is -2.37. The Hall–Kier alpha value is -1.89. The summed E-state index contributed by atoms with van der Waals surface area (Å²) in [7, 11) is 0. The number of aromatic nitrogens is 1. The SMILES string of the molecule is CSc1ccc(C(=O)N(CC2CCCO2)c2nc3c(C)cc(C)cc3s2)cc1. The Morgan fingerprint density at radius 3 is 2.75 bits per heavy atom. The Balaban J connectivity index is 1.72. The molecule has 1 aromatic heterocycles. The van der Waals surface area contributed by atoms with Crippen molar-refractivity contribution in [3.63, 3.8) is 0 Å². The van der Waals surface area contributed by atoms with Gasteiger partial charge in [0, 0.05) is 17.1 Å². The average molecular weight is 413 g/mol. The molecule has 4 nitrogen and oxygen atoms in total. The summed E-state index contributed by atoms with van der Waals surface area (Å²) in [6.07, 6.45) is 4.14. The molecule has 0 bridgehead atoms. The molecule has 1 unspecified atom stereocenters. The molecule has 4 rings (SSSR count). The third-order valence-corrected chi connectivity index (χ3v) is 6.81. The Kier molecular flexibility index (Phi) is 5.71. The molecule has 146 valence electrons. The fourth-order valence-corrected chi connectivity index (χ4v) is 5.16. The number of anilines is 1. The van der Waals surface area contributed by atoms with Crippen molar-refractivity contribution < 1.29 is 9.53 Å². The highest BCUT2D eigenvalue weighted by Gasteiger charge is 2.27. The topological polar surface area (TPSA) is 42.4 Å². The van der Waals surface area contributed by atoms with Gasteiger partial charge in [-0.1, -0.05) is 17.4 Å². The summed E-state index contributed by atoms with van der Waals surface area (Å²) in [5.41, 5.74) is 4.02. The van der Waals surface area contributed by atoms with Crippen LogP contribution in [0.15, 0.2) is 41.3 Å². The van der Waals surface area contributed by atoms with Gasteiger partial charge in [-0.2, -0.15) is 0 Å². The molecular formula is C22H24N2O2S2. The van der Waals surface area contributed by atoms with Gasteiger partial charge in [0.2, 0.25) is 0 Å². The molecule has 2 heterocycles. The lowest BCUT2D eigenvalue weighted by molar-refractivity contribution is 0.0917. The second-order valence-corrected chi connectivity index (χ2v) is 9.09. The van der Waals surface area contributed by atoms with Crippen LogP contribution in [0.2, 0.25) is 0 Å². The smallest absolute Gasteiger partial charge is 0.260 e. The summed E-state index contributed by atoms with van der Waals surface area (Å²) in [6.45, 7) is 5.48. The standard InChI is InChI=1S/C22H24N2O2S2/c1-14-11-15(2)20-19(12-14)28-22(23-20)24(13-17-5-4-10-26-17)21(25)16-6-8-18(27-3)9-7-16/h6-9,11-12,17H,4-5,10,13H2,1-3H3. The maximum atomic E-state index is 13.4. The van der Waals surface area contributed by atoms with Gasteiger partial charge in [-0.15, -0.1) is 11.8 Å². The number of ether oxygens (including phenoxy) is 1. The zero-order chi connectivity index (χ0) is 19.7. The quantitative estimate of drug-likeness (QED) is 0.522. The first-order valence-electron chi connectivity index (χ1n) is 9.50. The van der Waals surface area contributed by atoms with E-state index in [2.05, 4.69) is 26.0 Å². The number of carbonyl (C=O) groups excluding carboxylic acids is 1. The van der Waals surface area contributed by atoms with Crippen LogP contribution < -0.4 is 4.90 Å². The van der Waals surface area contributed by atoms with Gasteiger partial charge < -0.3 is 4.74 Å². The van der Waals surface area contributed by atoms with E-state index in [1.807, 2.05) is 35.4 Å². The van der Waals surface area contributed by atoms with Gasteiger partial charge in [-0.05, 0) is 74.4 Å². The number of carbonyl (C=O) groups is 1. The van der Waals surface area contributed by atoms with Gasteiger partial charge in [-0.25, -0.2) is 4.98 Å². The van der Waals surface area contributed by atoms with Crippen molar-refractivity contribution in [2.24, 2.45) is 0 Å². The summed E-state index contributed by atoms with van der Waals surface area (Å²) in [6, 6.07) is 12.1. The number of aryl methyl sites for hydroxylation is 2. The number of benzene rings is 2. The van der Waals surface area contributed by atoms with Crippen LogP contribution in [-0.2, 0) is 4.74 Å². The van der Waals surface area contributed by atoms with Gasteiger partial charge in [-0.3, -0.25) is 9.69 Å². The molecule has 28 heavy (non-hydrogen) atoms. The van der Waals surface area contributed by atoms with Gasteiger partial charge >= 0.3 is 0 Å². The highest BCUT2D eigenvalue weighted by molar-refractivity contribution is 7.98. The number of amides is 1. The van der Waals surface area contributed by atoms with Crippen molar-refractivity contribution in [1.29, 1.82) is 0 Å². The maximum Gasteiger partial charge on any atom is 0.260 e. The van der Waals surface area contributed by atoms with Crippen LogP contribution in [0.25, 0.3) is 10.2 Å². The molecule has 0 saturated carbocycles. The molecule has 0 radical (unpaired) electrons. The molecule has 6 heteroatoms. The first-order valence-corrected chi connectivity index (χ1v) is 11.5. The fourth-order valence-electron chi connectivity index (χ4n) is 3.60. The van der Waals surface area contributed by atoms with Gasteiger partial charge in [0.25, 0.3) is 5.91 Å². The molecule has 1 fully saturated rings. The summed E-state index contributed by atoms with van der Waals surface area (Å²) < 4.78 is 6.94. The second kappa shape index (κ2) is 8.23. The van der Waals surface area contributed by atoms with E-state index >= 15 is 0 Å². The van der Waals surface area contributed by atoms with Crippen LogP contribution in [0, 0.1) is 13.8 Å². The molecule has 1 amide bonds. The van der Waals surface area contributed by atoms with E-state index in [4.69, 9.17) is 9.72 Å².